The van der Waals surface area contributed by atoms with E-state index in [4.69, 9.17) is 0 Å². The van der Waals surface area contributed by atoms with Crippen molar-refractivity contribution in [2.45, 2.75) is 66.2 Å². The first-order chi connectivity index (χ1) is 14.7. The molecule has 0 spiro atoms. The number of hydrogen-bond donors (Lipinski definition) is 0. The molecular formula is C29H33BO. The molecule has 1 heterocycles. The van der Waals surface area contributed by atoms with Gasteiger partial charge in [-0.15, -0.1) is 0 Å². The van der Waals surface area contributed by atoms with E-state index in [1.807, 2.05) is 12.1 Å². The number of carbonyl (C=O) groups excluding carboxylic acids is 1. The van der Waals surface area contributed by atoms with E-state index >= 15 is 0 Å². The van der Waals surface area contributed by atoms with Gasteiger partial charge >= 0.3 is 0 Å². The molecule has 0 saturated heterocycles. The van der Waals surface area contributed by atoms with Gasteiger partial charge in [0, 0.05) is 11.1 Å². The van der Waals surface area contributed by atoms with E-state index in [0.29, 0.717) is 17.8 Å². The Hall–Kier alpha value is -2.61. The molecule has 0 fully saturated rings. The fourth-order valence-corrected chi connectivity index (χ4v) is 5.04. The summed E-state index contributed by atoms with van der Waals surface area (Å²) >= 11 is 0. The summed E-state index contributed by atoms with van der Waals surface area (Å²) in [7, 11) is 0. The van der Waals surface area contributed by atoms with Crippen molar-refractivity contribution in [1.29, 1.82) is 0 Å². The number of hydrogen-bond acceptors (Lipinski definition) is 1. The molecule has 31 heavy (non-hydrogen) atoms. The van der Waals surface area contributed by atoms with Gasteiger partial charge in [0.1, 0.15) is 0 Å². The van der Waals surface area contributed by atoms with Gasteiger partial charge in [0.2, 0.25) is 6.71 Å². The minimum atomic E-state index is 0.0838. The molecule has 3 aromatic rings. The van der Waals surface area contributed by atoms with E-state index in [0.717, 1.165) is 27.6 Å². The first-order valence-electron chi connectivity index (χ1n) is 11.6. The average Bonchev–Trinajstić information content (AvgIpc) is 2.73. The van der Waals surface area contributed by atoms with Crippen molar-refractivity contribution >= 4 is 28.9 Å². The van der Waals surface area contributed by atoms with Crippen molar-refractivity contribution in [3.8, 4) is 0 Å². The van der Waals surface area contributed by atoms with E-state index in [-0.39, 0.29) is 12.5 Å². The highest BCUT2D eigenvalue weighted by atomic mass is 16.1. The lowest BCUT2D eigenvalue weighted by molar-refractivity contribution is 0.104. The summed E-state index contributed by atoms with van der Waals surface area (Å²) in [5.74, 6) is 1.45. The lowest BCUT2D eigenvalue weighted by atomic mass is 9.31. The number of fused-ring (bicyclic) bond motifs is 2. The largest absolute Gasteiger partial charge is 0.289 e. The monoisotopic (exact) mass is 408 g/mol. The van der Waals surface area contributed by atoms with Crippen molar-refractivity contribution in [1.82, 2.24) is 0 Å². The predicted molar refractivity (Wildman–Crippen MR) is 134 cm³/mol. The van der Waals surface area contributed by atoms with Crippen LogP contribution in [-0.4, -0.2) is 12.5 Å². The fraction of sp³-hybridized carbons (Fsp3) is 0.345. The minimum absolute atomic E-state index is 0.0838. The van der Waals surface area contributed by atoms with Gasteiger partial charge in [-0.1, -0.05) is 112 Å². The van der Waals surface area contributed by atoms with Gasteiger partial charge in [0.25, 0.3) is 0 Å². The normalized spacial score (nSPS) is 13.2. The third-order valence-electron chi connectivity index (χ3n) is 6.75. The molecule has 1 aliphatic heterocycles. The maximum atomic E-state index is 13.4. The summed E-state index contributed by atoms with van der Waals surface area (Å²) in [6.07, 6.45) is 0. The molecule has 1 aliphatic rings. The molecule has 4 rings (SSSR count). The van der Waals surface area contributed by atoms with Crippen LogP contribution in [0.5, 0.6) is 0 Å². The van der Waals surface area contributed by atoms with E-state index in [2.05, 4.69) is 90.9 Å². The Labute approximate surface area is 188 Å². The van der Waals surface area contributed by atoms with Crippen molar-refractivity contribution < 1.29 is 4.79 Å². The maximum Gasteiger partial charge on any atom is 0.243 e. The van der Waals surface area contributed by atoms with Crippen molar-refractivity contribution in [2.75, 3.05) is 0 Å². The summed E-state index contributed by atoms with van der Waals surface area (Å²) in [4.78, 5) is 13.4. The molecule has 3 aromatic carbocycles. The lowest BCUT2D eigenvalue weighted by Gasteiger charge is -2.32. The first kappa shape index (κ1) is 21.6. The molecule has 0 bridgehead atoms. The molecule has 0 N–H and O–H groups in total. The van der Waals surface area contributed by atoms with Gasteiger partial charge in [-0.2, -0.15) is 0 Å². The number of ketones is 1. The molecule has 0 amide bonds. The first-order valence-corrected chi connectivity index (χ1v) is 11.6. The van der Waals surface area contributed by atoms with Crippen LogP contribution >= 0.6 is 0 Å². The van der Waals surface area contributed by atoms with Gasteiger partial charge in [0.15, 0.2) is 5.78 Å². The van der Waals surface area contributed by atoms with Crippen LogP contribution in [0.2, 0.25) is 0 Å². The maximum absolute atomic E-state index is 13.4. The summed E-state index contributed by atoms with van der Waals surface area (Å²) < 4.78 is 0. The lowest BCUT2D eigenvalue weighted by Crippen LogP contribution is -2.60. The highest BCUT2D eigenvalue weighted by molar-refractivity contribution is 6.98. The van der Waals surface area contributed by atoms with Gasteiger partial charge in [-0.05, 0) is 47.4 Å². The van der Waals surface area contributed by atoms with Gasteiger partial charge in [0.05, 0.1) is 0 Å². The Bertz CT molecular complexity index is 1120. The summed E-state index contributed by atoms with van der Waals surface area (Å²) in [5, 5.41) is 0. The molecule has 0 radical (unpaired) electrons. The SMILES string of the molecule is Cc1ccc2c(c1)C(=O)c1ccccc1B2c1c(C(C)C)cc(C(C)C)cc1C(C)C. The Morgan fingerprint density at radius 2 is 1.26 bits per heavy atom. The smallest absolute Gasteiger partial charge is 0.243 e. The predicted octanol–water partition coefficient (Wildman–Crippen LogP) is 5.43. The highest BCUT2D eigenvalue weighted by Crippen LogP contribution is 2.28. The van der Waals surface area contributed by atoms with Crippen LogP contribution < -0.4 is 16.4 Å². The van der Waals surface area contributed by atoms with E-state index < -0.39 is 0 Å². The average molecular weight is 408 g/mol. The topological polar surface area (TPSA) is 17.1 Å². The van der Waals surface area contributed by atoms with Crippen LogP contribution in [0.25, 0.3) is 0 Å². The molecule has 0 saturated carbocycles. The van der Waals surface area contributed by atoms with E-state index in [1.54, 1.807) is 0 Å². The minimum Gasteiger partial charge on any atom is -0.289 e. The summed E-state index contributed by atoms with van der Waals surface area (Å²) in [6.45, 7) is 15.9. The van der Waals surface area contributed by atoms with Gasteiger partial charge < -0.3 is 0 Å². The third-order valence-corrected chi connectivity index (χ3v) is 6.75. The summed E-state index contributed by atoms with van der Waals surface area (Å²) in [5.41, 5.74) is 10.8. The van der Waals surface area contributed by atoms with Crippen molar-refractivity contribution in [3.63, 3.8) is 0 Å². The molecule has 0 atom stereocenters. The zero-order valence-electron chi connectivity index (χ0n) is 19.9. The van der Waals surface area contributed by atoms with E-state index in [1.165, 1.54) is 22.2 Å². The second-order valence-electron chi connectivity index (χ2n) is 10.0. The van der Waals surface area contributed by atoms with Crippen LogP contribution in [-0.2, 0) is 0 Å². The zero-order valence-corrected chi connectivity index (χ0v) is 19.9. The molecule has 0 aromatic heterocycles. The molecular weight excluding hydrogens is 375 g/mol. The molecule has 158 valence electrons. The number of benzene rings is 3. The molecule has 0 unspecified atom stereocenters. The Kier molecular flexibility index (Phi) is 5.68. The molecule has 0 aliphatic carbocycles. The van der Waals surface area contributed by atoms with Crippen LogP contribution in [0.4, 0.5) is 0 Å². The summed E-state index contributed by atoms with van der Waals surface area (Å²) in [6, 6.07) is 19.5. The highest BCUT2D eigenvalue weighted by Gasteiger charge is 2.37. The van der Waals surface area contributed by atoms with Crippen LogP contribution in [0.1, 0.15) is 97.5 Å². The van der Waals surface area contributed by atoms with Crippen LogP contribution in [0, 0.1) is 6.92 Å². The van der Waals surface area contributed by atoms with E-state index in [9.17, 15) is 4.79 Å². The number of rotatable bonds is 4. The number of aryl methyl sites for hydroxylation is 1. The van der Waals surface area contributed by atoms with Crippen LogP contribution in [0.15, 0.2) is 54.6 Å². The zero-order chi connectivity index (χ0) is 22.4. The molecule has 2 heteroatoms. The third kappa shape index (κ3) is 3.67. The molecule has 1 nitrogen and oxygen atoms in total. The quantitative estimate of drug-likeness (QED) is 0.412. The van der Waals surface area contributed by atoms with Crippen LogP contribution in [0.3, 0.4) is 0 Å². The number of carbonyl (C=O) groups is 1. The Balaban J connectivity index is 2.11. The second-order valence-corrected chi connectivity index (χ2v) is 10.0. The standard InChI is InChI=1S/C29H33BO/c1-17(2)21-15-23(18(3)4)28(24(16-21)19(5)6)30-26-11-9-8-10-22(26)29(31)25-14-20(7)12-13-27(25)30/h8-19H,1-7H3. The van der Waals surface area contributed by atoms with Crippen molar-refractivity contribution in [3.05, 3.63) is 88.0 Å². The fourth-order valence-electron chi connectivity index (χ4n) is 5.04. The van der Waals surface area contributed by atoms with Gasteiger partial charge in [-0.3, -0.25) is 4.79 Å². The van der Waals surface area contributed by atoms with Gasteiger partial charge in [-0.25, -0.2) is 0 Å². The Morgan fingerprint density at radius 1 is 0.677 bits per heavy atom. The Morgan fingerprint density at radius 3 is 1.84 bits per heavy atom. The van der Waals surface area contributed by atoms with Crippen molar-refractivity contribution in [2.24, 2.45) is 0 Å². The second kappa shape index (κ2) is 8.15.